The summed E-state index contributed by atoms with van der Waals surface area (Å²) in [5.74, 6) is 0.787. The van der Waals surface area contributed by atoms with Crippen LogP contribution in [0.1, 0.15) is 30.4 Å². The van der Waals surface area contributed by atoms with Gasteiger partial charge in [-0.3, -0.25) is 9.69 Å². The van der Waals surface area contributed by atoms with Gasteiger partial charge < -0.3 is 9.88 Å². The molecule has 1 aliphatic heterocycles. The molecule has 0 aliphatic carbocycles. The van der Waals surface area contributed by atoms with Crippen molar-refractivity contribution in [2.45, 2.75) is 20.0 Å². The first-order valence-corrected chi connectivity index (χ1v) is 9.12. The third-order valence-electron chi connectivity index (χ3n) is 5.01. The second-order valence-corrected chi connectivity index (χ2v) is 6.91. The molecule has 0 amide bonds. The molecule has 1 saturated heterocycles. The topological polar surface area (TPSA) is 82.9 Å². The molecular formula is C20H27N7O. The van der Waals surface area contributed by atoms with Crippen LogP contribution in [0.15, 0.2) is 53.5 Å². The third kappa shape index (κ3) is 4.35. The molecule has 0 radical (unpaired) electrons. The molecule has 8 nitrogen and oxygen atoms in total. The molecule has 148 valence electrons. The van der Waals surface area contributed by atoms with E-state index >= 15 is 0 Å². The molecule has 1 aliphatic rings. The van der Waals surface area contributed by atoms with E-state index in [1.807, 2.05) is 28.9 Å². The van der Waals surface area contributed by atoms with Crippen LogP contribution in [0, 0.1) is 0 Å². The molecule has 28 heavy (non-hydrogen) atoms. The lowest BCUT2D eigenvalue weighted by molar-refractivity contribution is 0.121. The van der Waals surface area contributed by atoms with Crippen molar-refractivity contribution >= 4 is 0 Å². The van der Waals surface area contributed by atoms with Crippen LogP contribution in [0.5, 0.6) is 0 Å². The summed E-state index contributed by atoms with van der Waals surface area (Å²) in [4.78, 5) is 19.0. The van der Waals surface area contributed by atoms with Crippen molar-refractivity contribution in [2.24, 2.45) is 0 Å². The van der Waals surface area contributed by atoms with Gasteiger partial charge >= 0.3 is 0 Å². The van der Waals surface area contributed by atoms with E-state index in [1.54, 1.807) is 12.3 Å². The van der Waals surface area contributed by atoms with Crippen molar-refractivity contribution in [1.82, 2.24) is 35.0 Å². The molecule has 1 fully saturated rings. The normalized spacial score (nSPS) is 16.5. The number of pyridine rings is 1. The van der Waals surface area contributed by atoms with E-state index in [4.69, 9.17) is 0 Å². The molecule has 4 rings (SSSR count). The molecule has 3 aromatic rings. The maximum absolute atomic E-state index is 11.5. The zero-order valence-electron chi connectivity index (χ0n) is 15.3. The van der Waals surface area contributed by atoms with Gasteiger partial charge in [-0.2, -0.15) is 0 Å². The van der Waals surface area contributed by atoms with Gasteiger partial charge in [-0.15, -0.1) is 5.10 Å². The summed E-state index contributed by atoms with van der Waals surface area (Å²) >= 11 is 0. The number of piperazine rings is 1. The van der Waals surface area contributed by atoms with E-state index < -0.39 is 0 Å². The average molecular weight is 381 g/mol. The number of nitrogens with one attached hydrogen (secondary N) is 1. The average Bonchev–Trinajstić information content (AvgIpc) is 3.13. The molecule has 8 heteroatoms. The summed E-state index contributed by atoms with van der Waals surface area (Å²) in [6, 6.07) is 13.5. The Hall–Kier alpha value is -2.84. The van der Waals surface area contributed by atoms with Crippen molar-refractivity contribution in [3.8, 4) is 0 Å². The molecule has 1 N–H and O–H groups in total. The number of aromatic amines is 1. The number of hydrogen-bond donors (Lipinski definition) is 1. The molecule has 1 atom stereocenters. The van der Waals surface area contributed by atoms with Crippen molar-refractivity contribution in [1.29, 1.82) is 0 Å². The first-order chi connectivity index (χ1) is 13.2. The van der Waals surface area contributed by atoms with Crippen LogP contribution in [0.25, 0.3) is 0 Å². The summed E-state index contributed by atoms with van der Waals surface area (Å²) in [5, 5.41) is 12.5. The van der Waals surface area contributed by atoms with Gasteiger partial charge in [0.25, 0.3) is 0 Å². The van der Waals surface area contributed by atoms with Crippen LogP contribution in [0.2, 0.25) is 0 Å². The van der Waals surface area contributed by atoms with Gasteiger partial charge in [0.1, 0.15) is 0 Å². The minimum atomic E-state index is -0.111. The first-order valence-electron chi connectivity index (χ1n) is 9.12. The Morgan fingerprint density at radius 3 is 2.50 bits per heavy atom. The molecule has 0 saturated carbocycles. The number of likely N-dealkylation sites (N-methyl/N-ethyl adjacent to an activating group) is 1. The van der Waals surface area contributed by atoms with E-state index in [-0.39, 0.29) is 19.0 Å². The summed E-state index contributed by atoms with van der Waals surface area (Å²) in [5.41, 5.74) is 2.02. The number of nitrogens with zero attached hydrogens (tertiary/aromatic N) is 6. The molecule has 3 heterocycles. The van der Waals surface area contributed by atoms with Crippen molar-refractivity contribution in [3.63, 3.8) is 0 Å². The van der Waals surface area contributed by atoms with Gasteiger partial charge in [0.15, 0.2) is 5.82 Å². The largest absolute Gasteiger partial charge is 0.329 e. The van der Waals surface area contributed by atoms with Crippen molar-refractivity contribution in [2.75, 3.05) is 33.2 Å². The minimum absolute atomic E-state index is 0. The summed E-state index contributed by atoms with van der Waals surface area (Å²) in [7, 11) is 2.13. The number of aromatic nitrogens is 5. The van der Waals surface area contributed by atoms with E-state index in [9.17, 15) is 4.79 Å². The van der Waals surface area contributed by atoms with Crippen LogP contribution in [-0.2, 0) is 6.54 Å². The van der Waals surface area contributed by atoms with Crippen LogP contribution >= 0.6 is 0 Å². The van der Waals surface area contributed by atoms with E-state index in [2.05, 4.69) is 49.5 Å². The van der Waals surface area contributed by atoms with Crippen LogP contribution < -0.4 is 5.56 Å². The number of rotatable bonds is 5. The van der Waals surface area contributed by atoms with Gasteiger partial charge in [0.2, 0.25) is 5.56 Å². The first kappa shape index (κ1) is 19.9. The molecule has 0 bridgehead atoms. The molecule has 2 aromatic heterocycles. The number of benzene rings is 1. The minimum Gasteiger partial charge on any atom is -0.329 e. The smallest absolute Gasteiger partial charge is 0.247 e. The van der Waals surface area contributed by atoms with E-state index in [0.29, 0.717) is 6.54 Å². The molecule has 0 spiro atoms. The SMILES string of the molecule is C.CN1CCN(C(c2ccc(=O)[nH]c2)c2nnnn2Cc2ccccc2)CC1. The Kier molecular flexibility index (Phi) is 6.33. The fraction of sp³-hybridized carbons (Fsp3) is 0.400. The highest BCUT2D eigenvalue weighted by molar-refractivity contribution is 5.23. The fourth-order valence-electron chi connectivity index (χ4n) is 3.47. The Bertz CT molecular complexity index is 908. The van der Waals surface area contributed by atoms with Gasteiger partial charge in [0.05, 0.1) is 12.6 Å². The van der Waals surface area contributed by atoms with Gasteiger partial charge in [0, 0.05) is 38.4 Å². The summed E-state index contributed by atoms with van der Waals surface area (Å²) in [6.45, 7) is 4.41. The van der Waals surface area contributed by atoms with Crippen LogP contribution in [-0.4, -0.2) is 68.2 Å². The predicted molar refractivity (Wildman–Crippen MR) is 108 cm³/mol. The zero-order valence-corrected chi connectivity index (χ0v) is 15.3. The van der Waals surface area contributed by atoms with E-state index in [1.165, 1.54) is 0 Å². The molecule has 1 aromatic carbocycles. The highest BCUT2D eigenvalue weighted by Crippen LogP contribution is 2.27. The predicted octanol–water partition coefficient (Wildman–Crippen LogP) is 1.38. The fourth-order valence-corrected chi connectivity index (χ4v) is 3.47. The maximum atomic E-state index is 11.5. The van der Waals surface area contributed by atoms with Crippen molar-refractivity contribution in [3.05, 3.63) is 76.0 Å². The number of hydrogen-bond acceptors (Lipinski definition) is 6. The monoisotopic (exact) mass is 381 g/mol. The molecular weight excluding hydrogens is 354 g/mol. The lowest BCUT2D eigenvalue weighted by Gasteiger charge is -2.37. The van der Waals surface area contributed by atoms with Gasteiger partial charge in [-0.1, -0.05) is 43.8 Å². The van der Waals surface area contributed by atoms with Crippen LogP contribution in [0.3, 0.4) is 0 Å². The van der Waals surface area contributed by atoms with Crippen LogP contribution in [0.4, 0.5) is 0 Å². The lowest BCUT2D eigenvalue weighted by atomic mass is 10.1. The second kappa shape index (κ2) is 8.90. The van der Waals surface area contributed by atoms with E-state index in [0.717, 1.165) is 43.1 Å². The lowest BCUT2D eigenvalue weighted by Crippen LogP contribution is -2.46. The van der Waals surface area contributed by atoms with Gasteiger partial charge in [-0.05, 0) is 28.6 Å². The molecule has 1 unspecified atom stereocenters. The number of tetrazole rings is 1. The standard InChI is InChI=1S/C19H23N7O.CH4/c1-24-9-11-25(12-10-24)18(16-7-8-17(27)20-13-16)19-21-22-23-26(19)14-15-5-3-2-4-6-15;/h2-8,13,18H,9-12,14H2,1H3,(H,20,27);1H4. The Labute approximate surface area is 164 Å². The van der Waals surface area contributed by atoms with Crippen molar-refractivity contribution < 1.29 is 0 Å². The zero-order chi connectivity index (χ0) is 18.6. The Morgan fingerprint density at radius 1 is 1.07 bits per heavy atom. The highest BCUT2D eigenvalue weighted by atomic mass is 16.1. The third-order valence-corrected chi connectivity index (χ3v) is 5.01. The maximum Gasteiger partial charge on any atom is 0.247 e. The summed E-state index contributed by atoms with van der Waals surface area (Å²) in [6.07, 6.45) is 1.77. The Morgan fingerprint density at radius 2 is 1.82 bits per heavy atom. The highest BCUT2D eigenvalue weighted by Gasteiger charge is 2.30. The summed E-state index contributed by atoms with van der Waals surface area (Å²) < 4.78 is 1.85. The van der Waals surface area contributed by atoms with Gasteiger partial charge in [-0.25, -0.2) is 4.68 Å². The Balaban J connectivity index is 0.00000225. The number of H-pyrrole nitrogens is 1. The second-order valence-electron chi connectivity index (χ2n) is 6.91. The quantitative estimate of drug-likeness (QED) is 0.719.